The molecule has 0 saturated carbocycles. The molecule has 0 bridgehead atoms. The summed E-state index contributed by atoms with van der Waals surface area (Å²) < 4.78 is 5.24. The van der Waals surface area contributed by atoms with E-state index >= 15 is 0 Å². The van der Waals surface area contributed by atoms with Crippen LogP contribution < -0.4 is 5.32 Å². The maximum absolute atomic E-state index is 11.9. The number of carbonyl (C=O) groups is 1. The first-order valence-corrected chi connectivity index (χ1v) is 6.49. The standard InChI is InChI=1S/C13H17N3O4/c17-13(11-2-1-3-12(10-11)16(18)19)14-4-5-15-6-8-20-9-7-15/h1-3,10H,4-9H2,(H,14,17). The summed E-state index contributed by atoms with van der Waals surface area (Å²) in [5.74, 6) is -0.290. The number of nitrogens with one attached hydrogen (secondary N) is 1. The number of benzene rings is 1. The molecule has 1 aliphatic heterocycles. The van der Waals surface area contributed by atoms with Crippen molar-refractivity contribution in [3.63, 3.8) is 0 Å². The Balaban J connectivity index is 1.82. The Morgan fingerprint density at radius 1 is 1.40 bits per heavy atom. The molecule has 108 valence electrons. The molecule has 0 spiro atoms. The van der Waals surface area contributed by atoms with Gasteiger partial charge in [0, 0.05) is 43.9 Å². The van der Waals surface area contributed by atoms with E-state index < -0.39 is 4.92 Å². The molecular weight excluding hydrogens is 262 g/mol. The molecule has 1 heterocycles. The van der Waals surface area contributed by atoms with E-state index in [9.17, 15) is 14.9 Å². The molecule has 1 saturated heterocycles. The van der Waals surface area contributed by atoms with Crippen molar-refractivity contribution >= 4 is 11.6 Å². The van der Waals surface area contributed by atoms with E-state index in [2.05, 4.69) is 10.2 Å². The number of ether oxygens (including phenoxy) is 1. The van der Waals surface area contributed by atoms with Gasteiger partial charge in [-0.05, 0) is 6.07 Å². The van der Waals surface area contributed by atoms with Crippen LogP contribution in [0.3, 0.4) is 0 Å². The predicted octanol–water partition coefficient (Wildman–Crippen LogP) is 0.657. The lowest BCUT2D eigenvalue weighted by Gasteiger charge is -2.26. The highest BCUT2D eigenvalue weighted by atomic mass is 16.6. The summed E-state index contributed by atoms with van der Waals surface area (Å²) in [6.07, 6.45) is 0. The summed E-state index contributed by atoms with van der Waals surface area (Å²) >= 11 is 0. The lowest BCUT2D eigenvalue weighted by molar-refractivity contribution is -0.384. The van der Waals surface area contributed by atoms with Crippen LogP contribution in [0, 0.1) is 10.1 Å². The van der Waals surface area contributed by atoms with Gasteiger partial charge in [-0.1, -0.05) is 6.07 Å². The second-order valence-electron chi connectivity index (χ2n) is 4.52. The topological polar surface area (TPSA) is 84.7 Å². The molecule has 20 heavy (non-hydrogen) atoms. The number of nitro groups is 1. The summed E-state index contributed by atoms with van der Waals surface area (Å²) in [5.41, 5.74) is 0.229. The Labute approximate surface area is 116 Å². The lowest BCUT2D eigenvalue weighted by Crippen LogP contribution is -2.41. The van der Waals surface area contributed by atoms with Gasteiger partial charge < -0.3 is 10.1 Å². The first-order valence-electron chi connectivity index (χ1n) is 6.49. The van der Waals surface area contributed by atoms with Crippen LogP contribution in [0.15, 0.2) is 24.3 Å². The third-order valence-electron chi connectivity index (χ3n) is 3.14. The first kappa shape index (κ1) is 14.4. The molecule has 7 nitrogen and oxygen atoms in total. The molecule has 1 aliphatic rings. The molecule has 0 atom stereocenters. The van der Waals surface area contributed by atoms with Crippen LogP contribution >= 0.6 is 0 Å². The maximum atomic E-state index is 11.9. The molecule has 0 aliphatic carbocycles. The molecule has 0 unspecified atom stereocenters. The number of morpholine rings is 1. The lowest BCUT2D eigenvalue weighted by atomic mass is 10.2. The summed E-state index contributed by atoms with van der Waals surface area (Å²) in [7, 11) is 0. The van der Waals surface area contributed by atoms with E-state index in [1.54, 1.807) is 6.07 Å². The fourth-order valence-corrected chi connectivity index (χ4v) is 2.02. The van der Waals surface area contributed by atoms with Crippen molar-refractivity contribution in [2.45, 2.75) is 0 Å². The number of hydrogen-bond acceptors (Lipinski definition) is 5. The van der Waals surface area contributed by atoms with Gasteiger partial charge in [0.05, 0.1) is 18.1 Å². The number of carbonyl (C=O) groups excluding carboxylic acids is 1. The first-order chi connectivity index (χ1) is 9.66. The van der Waals surface area contributed by atoms with Gasteiger partial charge >= 0.3 is 0 Å². The Morgan fingerprint density at radius 3 is 2.85 bits per heavy atom. The van der Waals surface area contributed by atoms with Gasteiger partial charge in [-0.25, -0.2) is 0 Å². The highest BCUT2D eigenvalue weighted by Gasteiger charge is 2.13. The molecule has 1 N–H and O–H groups in total. The fourth-order valence-electron chi connectivity index (χ4n) is 2.02. The zero-order chi connectivity index (χ0) is 14.4. The highest BCUT2D eigenvalue weighted by molar-refractivity contribution is 5.94. The monoisotopic (exact) mass is 279 g/mol. The summed E-state index contributed by atoms with van der Waals surface area (Å²) in [6.45, 7) is 4.45. The van der Waals surface area contributed by atoms with Gasteiger partial charge in [0.2, 0.25) is 0 Å². The van der Waals surface area contributed by atoms with Crippen molar-refractivity contribution in [2.24, 2.45) is 0 Å². The fraction of sp³-hybridized carbons (Fsp3) is 0.462. The van der Waals surface area contributed by atoms with E-state index in [4.69, 9.17) is 4.74 Å². The van der Waals surface area contributed by atoms with Crippen molar-refractivity contribution in [1.82, 2.24) is 10.2 Å². The van der Waals surface area contributed by atoms with Crippen molar-refractivity contribution in [2.75, 3.05) is 39.4 Å². The molecule has 0 radical (unpaired) electrons. The van der Waals surface area contributed by atoms with E-state index in [0.717, 1.165) is 32.8 Å². The van der Waals surface area contributed by atoms with Gasteiger partial charge in [-0.2, -0.15) is 0 Å². The van der Waals surface area contributed by atoms with Crippen LogP contribution in [0.25, 0.3) is 0 Å². The van der Waals surface area contributed by atoms with Gasteiger partial charge in [-0.3, -0.25) is 19.8 Å². The number of rotatable bonds is 5. The van der Waals surface area contributed by atoms with Crippen molar-refractivity contribution in [3.8, 4) is 0 Å². The molecule has 1 fully saturated rings. The largest absolute Gasteiger partial charge is 0.379 e. The second-order valence-corrected chi connectivity index (χ2v) is 4.52. The number of hydrogen-bond donors (Lipinski definition) is 1. The summed E-state index contributed by atoms with van der Waals surface area (Å²) in [5, 5.41) is 13.4. The number of nitrogens with zero attached hydrogens (tertiary/aromatic N) is 2. The number of amides is 1. The quantitative estimate of drug-likeness (QED) is 0.632. The number of nitro benzene ring substituents is 1. The van der Waals surface area contributed by atoms with Crippen LogP contribution in [-0.2, 0) is 4.74 Å². The van der Waals surface area contributed by atoms with E-state index in [1.165, 1.54) is 18.2 Å². The molecule has 1 aromatic carbocycles. The Kier molecular flexibility index (Phi) is 5.03. The molecule has 0 aromatic heterocycles. The van der Waals surface area contributed by atoms with E-state index in [-0.39, 0.29) is 11.6 Å². The van der Waals surface area contributed by atoms with E-state index in [1.807, 2.05) is 0 Å². The third-order valence-corrected chi connectivity index (χ3v) is 3.14. The Hall–Kier alpha value is -1.99. The molecule has 1 amide bonds. The number of non-ortho nitro benzene ring substituents is 1. The van der Waals surface area contributed by atoms with Gasteiger partial charge in [0.1, 0.15) is 0 Å². The van der Waals surface area contributed by atoms with Crippen LogP contribution in [0.1, 0.15) is 10.4 Å². The Morgan fingerprint density at radius 2 is 2.15 bits per heavy atom. The van der Waals surface area contributed by atoms with Gasteiger partial charge in [0.25, 0.3) is 11.6 Å². The minimum atomic E-state index is -0.509. The molecule has 2 rings (SSSR count). The average Bonchev–Trinajstić information content (AvgIpc) is 2.48. The van der Waals surface area contributed by atoms with Crippen molar-refractivity contribution < 1.29 is 14.5 Å². The van der Waals surface area contributed by atoms with Crippen molar-refractivity contribution in [3.05, 3.63) is 39.9 Å². The molecule has 1 aromatic rings. The summed E-state index contributed by atoms with van der Waals surface area (Å²) in [6, 6.07) is 5.72. The second kappa shape index (κ2) is 6.97. The normalized spacial score (nSPS) is 15.8. The SMILES string of the molecule is O=C(NCCN1CCOCC1)c1cccc([N+](=O)[O-])c1. The minimum absolute atomic E-state index is 0.0779. The van der Waals surface area contributed by atoms with E-state index in [0.29, 0.717) is 12.1 Å². The Bertz CT molecular complexity index is 486. The minimum Gasteiger partial charge on any atom is -0.379 e. The smallest absolute Gasteiger partial charge is 0.270 e. The van der Waals surface area contributed by atoms with Crippen LogP contribution in [0.4, 0.5) is 5.69 Å². The predicted molar refractivity (Wildman–Crippen MR) is 72.7 cm³/mol. The van der Waals surface area contributed by atoms with Gasteiger partial charge in [-0.15, -0.1) is 0 Å². The van der Waals surface area contributed by atoms with Crippen LogP contribution in [0.2, 0.25) is 0 Å². The zero-order valence-corrected chi connectivity index (χ0v) is 11.1. The third kappa shape index (κ3) is 4.01. The maximum Gasteiger partial charge on any atom is 0.270 e. The van der Waals surface area contributed by atoms with Gasteiger partial charge in [0.15, 0.2) is 0 Å². The van der Waals surface area contributed by atoms with Crippen molar-refractivity contribution in [1.29, 1.82) is 0 Å². The molecular formula is C13H17N3O4. The highest BCUT2D eigenvalue weighted by Crippen LogP contribution is 2.12. The zero-order valence-electron chi connectivity index (χ0n) is 11.1. The molecule has 7 heteroatoms. The van der Waals surface area contributed by atoms with Crippen LogP contribution in [-0.4, -0.2) is 55.1 Å². The summed E-state index contributed by atoms with van der Waals surface area (Å²) in [4.78, 5) is 24.2. The average molecular weight is 279 g/mol. The van der Waals surface area contributed by atoms with Crippen LogP contribution in [0.5, 0.6) is 0 Å².